The number of nitrogens with zero attached hydrogens (tertiary/aromatic N) is 3. The van der Waals surface area contributed by atoms with E-state index in [0.717, 1.165) is 10.9 Å². The van der Waals surface area contributed by atoms with Gasteiger partial charge in [0.15, 0.2) is 0 Å². The number of H-pyrrole nitrogens is 1. The van der Waals surface area contributed by atoms with Gasteiger partial charge in [-0.15, -0.1) is 0 Å². The van der Waals surface area contributed by atoms with Crippen LogP contribution in [0.15, 0.2) is 28.0 Å². The number of carbonyl (C=O) groups is 1. The third kappa shape index (κ3) is 4.42. The second kappa shape index (κ2) is 7.40. The summed E-state index contributed by atoms with van der Waals surface area (Å²) in [5.74, 6) is -3.52. The quantitative estimate of drug-likeness (QED) is 0.628. The minimum atomic E-state index is -2.81. The van der Waals surface area contributed by atoms with Crippen molar-refractivity contribution in [2.45, 2.75) is 37.2 Å². The molecule has 1 saturated carbocycles. The van der Waals surface area contributed by atoms with Gasteiger partial charge < -0.3 is 10.4 Å². The van der Waals surface area contributed by atoms with Crippen LogP contribution in [0.4, 0.5) is 8.78 Å². The van der Waals surface area contributed by atoms with Crippen LogP contribution >= 0.6 is 11.6 Å². The Morgan fingerprint density at radius 1 is 1.29 bits per heavy atom. The number of carbonyl (C=O) groups excluding carboxylic acids is 1. The molecule has 2 aromatic rings. The van der Waals surface area contributed by atoms with Crippen LogP contribution < -0.4 is 16.6 Å². The summed E-state index contributed by atoms with van der Waals surface area (Å²) in [5, 5.41) is 16.3. The molecule has 3 N–H and O–H groups in total. The first-order valence-corrected chi connectivity index (χ1v) is 8.69. The standard InChI is InChI=1S/C16H16ClF2N5O4/c17-12-10(5-9(6-20-12)24-14(27)23-11(25)7-22-24)13(26)21-8-15(28)1-3-16(18,19)4-2-15/h5-7,28H,1-4,8H2,(H,21,26)(H,23,25,27). The SMILES string of the molecule is O=C(NCC1(O)CCC(F)(F)CC1)c1cc(-n2ncc(=O)[nH]c2=O)cnc1Cl. The normalized spacial score (nSPS) is 17.9. The number of aromatic amines is 1. The molecule has 9 nitrogen and oxygen atoms in total. The van der Waals surface area contributed by atoms with Gasteiger partial charge in [-0.1, -0.05) is 11.6 Å². The predicted molar refractivity (Wildman–Crippen MR) is 94.0 cm³/mol. The lowest BCUT2D eigenvalue weighted by atomic mass is 9.82. The maximum absolute atomic E-state index is 13.2. The first-order valence-electron chi connectivity index (χ1n) is 8.32. The molecule has 2 heterocycles. The zero-order valence-corrected chi connectivity index (χ0v) is 15.2. The third-order valence-corrected chi connectivity index (χ3v) is 4.82. The van der Waals surface area contributed by atoms with Crippen LogP contribution in [0.3, 0.4) is 0 Å². The Balaban J connectivity index is 1.77. The minimum Gasteiger partial charge on any atom is -0.388 e. The Morgan fingerprint density at radius 2 is 1.96 bits per heavy atom. The molecule has 0 spiro atoms. The van der Waals surface area contributed by atoms with Crippen LogP contribution in [0.1, 0.15) is 36.0 Å². The van der Waals surface area contributed by atoms with Crippen molar-refractivity contribution < 1.29 is 18.7 Å². The zero-order chi connectivity index (χ0) is 20.5. The molecule has 0 aliphatic heterocycles. The molecule has 1 amide bonds. The summed E-state index contributed by atoms with van der Waals surface area (Å²) in [7, 11) is 0. The molecule has 0 aromatic carbocycles. The van der Waals surface area contributed by atoms with E-state index in [2.05, 4.69) is 15.4 Å². The highest BCUT2D eigenvalue weighted by Crippen LogP contribution is 2.38. The lowest BCUT2D eigenvalue weighted by Gasteiger charge is -2.35. The van der Waals surface area contributed by atoms with E-state index in [1.807, 2.05) is 4.98 Å². The molecule has 0 radical (unpaired) electrons. The molecule has 0 bridgehead atoms. The van der Waals surface area contributed by atoms with Gasteiger partial charge in [-0.25, -0.2) is 18.6 Å². The second-order valence-electron chi connectivity index (χ2n) is 6.65. The number of hydrogen-bond donors (Lipinski definition) is 3. The number of hydrogen-bond acceptors (Lipinski definition) is 6. The molecule has 0 atom stereocenters. The van der Waals surface area contributed by atoms with Crippen LogP contribution in [0.5, 0.6) is 0 Å². The number of pyridine rings is 1. The number of rotatable bonds is 4. The van der Waals surface area contributed by atoms with Crippen LogP contribution in [0, 0.1) is 0 Å². The van der Waals surface area contributed by atoms with Crippen LogP contribution in [-0.2, 0) is 0 Å². The summed E-state index contributed by atoms with van der Waals surface area (Å²) in [6.45, 7) is -0.237. The predicted octanol–water partition coefficient (Wildman–Crippen LogP) is 0.639. The van der Waals surface area contributed by atoms with Crippen LogP contribution in [0.25, 0.3) is 5.69 Å². The van der Waals surface area contributed by atoms with E-state index < -0.39 is 41.5 Å². The van der Waals surface area contributed by atoms with Crippen molar-refractivity contribution in [1.82, 2.24) is 25.1 Å². The highest BCUT2D eigenvalue weighted by Gasteiger charge is 2.42. The van der Waals surface area contributed by atoms with Gasteiger partial charge >= 0.3 is 5.69 Å². The average Bonchev–Trinajstić information content (AvgIpc) is 2.64. The fraction of sp³-hybridized carbons (Fsp3) is 0.438. The highest BCUT2D eigenvalue weighted by molar-refractivity contribution is 6.32. The lowest BCUT2D eigenvalue weighted by Crippen LogP contribution is -2.47. The van der Waals surface area contributed by atoms with E-state index in [-0.39, 0.29) is 35.8 Å². The monoisotopic (exact) mass is 415 g/mol. The summed E-state index contributed by atoms with van der Waals surface area (Å²) < 4.78 is 27.3. The summed E-state index contributed by atoms with van der Waals surface area (Å²) >= 11 is 5.94. The molecule has 1 fully saturated rings. The van der Waals surface area contributed by atoms with Crippen molar-refractivity contribution in [1.29, 1.82) is 0 Å². The van der Waals surface area contributed by atoms with Crippen molar-refractivity contribution in [3.05, 3.63) is 50.0 Å². The van der Waals surface area contributed by atoms with E-state index in [9.17, 15) is 28.3 Å². The van der Waals surface area contributed by atoms with Gasteiger partial charge in [-0.3, -0.25) is 14.6 Å². The summed E-state index contributed by atoms with van der Waals surface area (Å²) in [6, 6.07) is 1.23. The highest BCUT2D eigenvalue weighted by atomic mass is 35.5. The fourth-order valence-electron chi connectivity index (χ4n) is 2.85. The van der Waals surface area contributed by atoms with E-state index in [0.29, 0.717) is 0 Å². The summed E-state index contributed by atoms with van der Waals surface area (Å²) in [6.07, 6.45) is 0.842. The molecule has 28 heavy (non-hydrogen) atoms. The maximum Gasteiger partial charge on any atom is 0.349 e. The molecule has 150 valence electrons. The number of aromatic nitrogens is 4. The van der Waals surface area contributed by atoms with Gasteiger partial charge in [-0.2, -0.15) is 9.78 Å². The second-order valence-corrected chi connectivity index (χ2v) is 7.00. The molecular formula is C16H16ClF2N5O4. The topological polar surface area (TPSA) is 130 Å². The van der Waals surface area contributed by atoms with Gasteiger partial charge in [0.25, 0.3) is 11.5 Å². The molecule has 1 aliphatic rings. The van der Waals surface area contributed by atoms with Crippen LogP contribution in [0.2, 0.25) is 5.15 Å². The van der Waals surface area contributed by atoms with Gasteiger partial charge in [0.2, 0.25) is 5.92 Å². The maximum atomic E-state index is 13.2. The van der Waals surface area contributed by atoms with Crippen molar-refractivity contribution >= 4 is 17.5 Å². The van der Waals surface area contributed by atoms with E-state index in [4.69, 9.17) is 11.6 Å². The van der Waals surface area contributed by atoms with E-state index in [1.54, 1.807) is 0 Å². The number of alkyl halides is 2. The van der Waals surface area contributed by atoms with E-state index in [1.165, 1.54) is 12.3 Å². The van der Waals surface area contributed by atoms with Crippen LogP contribution in [-0.4, -0.2) is 48.8 Å². The smallest absolute Gasteiger partial charge is 0.349 e. The molecule has 0 saturated heterocycles. The largest absolute Gasteiger partial charge is 0.388 e. The Labute approximate surface area is 161 Å². The molecule has 12 heteroatoms. The van der Waals surface area contributed by atoms with Gasteiger partial charge in [-0.05, 0) is 18.9 Å². The summed E-state index contributed by atoms with van der Waals surface area (Å²) in [5.41, 5.74) is -2.99. The van der Waals surface area contributed by atoms with Crippen molar-refractivity contribution in [2.75, 3.05) is 6.54 Å². The molecule has 2 aromatic heterocycles. The third-order valence-electron chi connectivity index (χ3n) is 4.52. The Bertz CT molecular complexity index is 1010. The number of nitrogens with one attached hydrogen (secondary N) is 2. The fourth-order valence-corrected chi connectivity index (χ4v) is 3.04. The first kappa shape index (κ1) is 20.1. The van der Waals surface area contributed by atoms with Gasteiger partial charge in [0, 0.05) is 19.4 Å². The van der Waals surface area contributed by atoms with Crippen molar-refractivity contribution in [3.63, 3.8) is 0 Å². The average molecular weight is 416 g/mol. The number of aliphatic hydroxyl groups is 1. The molecule has 0 unspecified atom stereocenters. The van der Waals surface area contributed by atoms with Crippen molar-refractivity contribution in [3.8, 4) is 5.69 Å². The first-order chi connectivity index (χ1) is 13.1. The van der Waals surface area contributed by atoms with Crippen molar-refractivity contribution in [2.24, 2.45) is 0 Å². The lowest BCUT2D eigenvalue weighted by molar-refractivity contribution is -0.101. The Morgan fingerprint density at radius 3 is 2.61 bits per heavy atom. The number of amides is 1. The number of halogens is 3. The summed E-state index contributed by atoms with van der Waals surface area (Å²) in [4.78, 5) is 41.2. The zero-order valence-electron chi connectivity index (χ0n) is 14.4. The Hall–Kier alpha value is -2.66. The Kier molecular flexibility index (Phi) is 5.31. The van der Waals surface area contributed by atoms with Gasteiger partial charge in [0.05, 0.1) is 23.0 Å². The van der Waals surface area contributed by atoms with E-state index >= 15 is 0 Å². The minimum absolute atomic E-state index is 0.0758. The molecule has 1 aliphatic carbocycles. The van der Waals surface area contributed by atoms with Gasteiger partial charge in [0.1, 0.15) is 11.3 Å². The molecule has 3 rings (SSSR count). The molecular weight excluding hydrogens is 400 g/mol.